The van der Waals surface area contributed by atoms with Gasteiger partial charge in [0.15, 0.2) is 0 Å². The Morgan fingerprint density at radius 2 is 1.00 bits per heavy atom. The number of benzene rings is 2. The van der Waals surface area contributed by atoms with Gasteiger partial charge in [0, 0.05) is 13.1 Å². The number of hydrogen-bond acceptors (Lipinski definition) is 6. The Kier molecular flexibility index (Phi) is 13.5. The van der Waals surface area contributed by atoms with Gasteiger partial charge in [0.1, 0.15) is 0 Å². The van der Waals surface area contributed by atoms with Gasteiger partial charge in [0.2, 0.25) is 0 Å². The lowest BCUT2D eigenvalue weighted by Crippen LogP contribution is -2.37. The Balaban J connectivity index is 0.00000267. The molecule has 10 heteroatoms. The maximum Gasteiger partial charge on any atom is 0.261 e. The highest BCUT2D eigenvalue weighted by Crippen LogP contribution is 2.23. The van der Waals surface area contributed by atoms with Crippen LogP contribution in [0.4, 0.5) is 0 Å². The van der Waals surface area contributed by atoms with E-state index in [9.17, 15) is 19.2 Å². The van der Waals surface area contributed by atoms with E-state index in [4.69, 9.17) is 0 Å². The highest BCUT2D eigenvalue weighted by molar-refractivity contribution is 8.93. The monoisotopic (exact) mass is 664 g/mol. The molecule has 8 nitrogen and oxygen atoms in total. The summed E-state index contributed by atoms with van der Waals surface area (Å²) in [6.45, 7) is 6.31. The molecule has 0 fully saturated rings. The lowest BCUT2D eigenvalue weighted by Gasteiger charge is -2.19. The first-order chi connectivity index (χ1) is 18.0. The summed E-state index contributed by atoms with van der Waals surface area (Å²) in [5, 5.41) is 6.85. The van der Waals surface area contributed by atoms with Crippen LogP contribution in [0.3, 0.4) is 0 Å². The van der Waals surface area contributed by atoms with Crippen molar-refractivity contribution in [1.29, 1.82) is 0 Å². The van der Waals surface area contributed by atoms with Crippen LogP contribution in [-0.4, -0.2) is 72.7 Å². The minimum Gasteiger partial charge on any atom is -0.317 e. The number of fused-ring (bicyclic) bond motifs is 2. The van der Waals surface area contributed by atoms with Crippen molar-refractivity contribution >= 4 is 57.6 Å². The summed E-state index contributed by atoms with van der Waals surface area (Å²) in [7, 11) is 0. The van der Waals surface area contributed by atoms with Crippen molar-refractivity contribution in [1.82, 2.24) is 20.4 Å². The minimum atomic E-state index is -0.190. The third-order valence-corrected chi connectivity index (χ3v) is 6.94. The number of amides is 4. The molecule has 0 spiro atoms. The molecule has 0 saturated heterocycles. The molecule has 0 bridgehead atoms. The molecule has 4 rings (SSSR count). The van der Waals surface area contributed by atoms with Crippen LogP contribution >= 0.6 is 34.0 Å². The van der Waals surface area contributed by atoms with Crippen molar-refractivity contribution in [3.8, 4) is 0 Å². The number of hydrogen-bond donors (Lipinski definition) is 2. The van der Waals surface area contributed by atoms with Gasteiger partial charge in [-0.3, -0.25) is 29.0 Å². The van der Waals surface area contributed by atoms with Gasteiger partial charge in [-0.25, -0.2) is 0 Å². The number of halogens is 2. The van der Waals surface area contributed by atoms with E-state index in [1.54, 1.807) is 48.5 Å². The fourth-order valence-corrected chi connectivity index (χ4v) is 4.91. The SMILES string of the molecule is Br.Br.CC(CNCCCCCCNCCCN1C(=O)c2ccccc2C1=O)CN1C(=O)c2ccccc2C1=O. The molecule has 1 atom stereocenters. The first-order valence-corrected chi connectivity index (χ1v) is 13.3. The van der Waals surface area contributed by atoms with Gasteiger partial charge >= 0.3 is 0 Å². The second kappa shape index (κ2) is 16.0. The summed E-state index contributed by atoms with van der Waals surface area (Å²) in [5.74, 6) is -0.569. The molecule has 2 aliphatic rings. The van der Waals surface area contributed by atoms with Crippen LogP contribution in [0.5, 0.6) is 0 Å². The second-order valence-corrected chi connectivity index (χ2v) is 9.90. The van der Waals surface area contributed by atoms with E-state index in [-0.39, 0.29) is 63.5 Å². The number of carbonyl (C=O) groups excluding carboxylic acids is 4. The molecule has 0 saturated carbocycles. The van der Waals surface area contributed by atoms with E-state index in [1.165, 1.54) is 9.80 Å². The van der Waals surface area contributed by atoms with Gasteiger partial charge in [-0.2, -0.15) is 0 Å². The lowest BCUT2D eigenvalue weighted by molar-refractivity contribution is 0.0624. The molecule has 212 valence electrons. The highest BCUT2D eigenvalue weighted by Gasteiger charge is 2.36. The Bertz CT molecular complexity index is 1090. The lowest BCUT2D eigenvalue weighted by atomic mass is 10.1. The van der Waals surface area contributed by atoms with Gasteiger partial charge in [-0.1, -0.05) is 44.0 Å². The maximum absolute atomic E-state index is 12.5. The summed E-state index contributed by atoms with van der Waals surface area (Å²) in [6, 6.07) is 14.0. The van der Waals surface area contributed by atoms with Crippen molar-refractivity contribution in [2.24, 2.45) is 5.92 Å². The number of carbonyl (C=O) groups is 4. The van der Waals surface area contributed by atoms with Gasteiger partial charge in [-0.15, -0.1) is 34.0 Å². The van der Waals surface area contributed by atoms with E-state index in [1.807, 2.05) is 0 Å². The summed E-state index contributed by atoms with van der Waals surface area (Å²) < 4.78 is 0. The zero-order valence-electron chi connectivity index (χ0n) is 22.3. The number of nitrogens with zero attached hydrogens (tertiary/aromatic N) is 2. The molecule has 39 heavy (non-hydrogen) atoms. The first kappa shape index (κ1) is 32.8. The highest BCUT2D eigenvalue weighted by atomic mass is 79.9. The Morgan fingerprint density at radius 1 is 0.590 bits per heavy atom. The smallest absolute Gasteiger partial charge is 0.261 e. The fourth-order valence-electron chi connectivity index (χ4n) is 4.91. The second-order valence-electron chi connectivity index (χ2n) is 9.90. The average Bonchev–Trinajstić information content (AvgIpc) is 3.30. The summed E-state index contributed by atoms with van der Waals surface area (Å²) >= 11 is 0. The molecule has 4 amide bonds. The number of unbranched alkanes of at least 4 members (excludes halogenated alkanes) is 3. The molecule has 0 aliphatic carbocycles. The standard InChI is InChI=1S/C29H36N4O4.2BrH/c1-21(20-33-28(36)24-13-6-7-14-25(24)29(33)37)19-31-16-9-3-2-8-15-30-17-10-18-32-26(34)22-11-4-5-12-23(22)27(32)35;;/h4-7,11-14,21,30-31H,2-3,8-10,15-20H2,1H3;2*1H. The van der Waals surface area contributed by atoms with Gasteiger partial charge in [0.05, 0.1) is 22.3 Å². The van der Waals surface area contributed by atoms with E-state index in [0.717, 1.165) is 58.3 Å². The molecular formula is C29H38Br2N4O4. The molecule has 2 heterocycles. The van der Waals surface area contributed by atoms with Crippen LogP contribution in [0.1, 0.15) is 80.5 Å². The van der Waals surface area contributed by atoms with Crippen LogP contribution in [0.2, 0.25) is 0 Å². The summed E-state index contributed by atoms with van der Waals surface area (Å²) in [4.78, 5) is 52.4. The predicted octanol–water partition coefficient (Wildman–Crippen LogP) is 4.50. The number of imide groups is 2. The normalized spacial score (nSPS) is 14.7. The molecule has 0 aromatic heterocycles. The first-order valence-electron chi connectivity index (χ1n) is 13.3. The summed E-state index contributed by atoms with van der Waals surface area (Å²) in [5.41, 5.74) is 2.02. The quantitative estimate of drug-likeness (QED) is 0.215. The van der Waals surface area contributed by atoms with E-state index in [2.05, 4.69) is 17.6 Å². The molecule has 2 aliphatic heterocycles. The van der Waals surface area contributed by atoms with Crippen LogP contribution in [0, 0.1) is 5.92 Å². The third-order valence-electron chi connectivity index (χ3n) is 6.94. The van der Waals surface area contributed by atoms with E-state index in [0.29, 0.717) is 35.3 Å². The van der Waals surface area contributed by atoms with Crippen molar-refractivity contribution in [2.45, 2.75) is 39.0 Å². The molecule has 1 unspecified atom stereocenters. The van der Waals surface area contributed by atoms with Gasteiger partial charge in [-0.05, 0) is 75.6 Å². The Morgan fingerprint density at radius 3 is 1.49 bits per heavy atom. The van der Waals surface area contributed by atoms with Crippen LogP contribution < -0.4 is 10.6 Å². The van der Waals surface area contributed by atoms with E-state index >= 15 is 0 Å². The summed E-state index contributed by atoms with van der Waals surface area (Å²) in [6.07, 6.45) is 5.19. The Labute approximate surface area is 251 Å². The fraction of sp³-hybridized carbons (Fsp3) is 0.448. The maximum atomic E-state index is 12.5. The number of nitrogens with one attached hydrogen (secondary N) is 2. The molecule has 2 aromatic carbocycles. The van der Waals surface area contributed by atoms with Crippen LogP contribution in [0.15, 0.2) is 48.5 Å². The molecule has 2 N–H and O–H groups in total. The molecule has 0 radical (unpaired) electrons. The van der Waals surface area contributed by atoms with Gasteiger partial charge in [0.25, 0.3) is 23.6 Å². The van der Waals surface area contributed by atoms with Crippen molar-refractivity contribution in [3.63, 3.8) is 0 Å². The zero-order chi connectivity index (χ0) is 26.2. The topological polar surface area (TPSA) is 98.8 Å². The molecule has 2 aromatic rings. The van der Waals surface area contributed by atoms with E-state index < -0.39 is 0 Å². The van der Waals surface area contributed by atoms with Crippen molar-refractivity contribution < 1.29 is 19.2 Å². The minimum absolute atomic E-state index is 0. The third kappa shape index (κ3) is 8.06. The van der Waals surface area contributed by atoms with Crippen LogP contribution in [0.25, 0.3) is 0 Å². The van der Waals surface area contributed by atoms with Gasteiger partial charge < -0.3 is 10.6 Å². The largest absolute Gasteiger partial charge is 0.317 e. The molecular weight excluding hydrogens is 628 g/mol. The zero-order valence-corrected chi connectivity index (χ0v) is 25.7. The van der Waals surface area contributed by atoms with Crippen LogP contribution in [-0.2, 0) is 0 Å². The van der Waals surface area contributed by atoms with Crippen molar-refractivity contribution in [2.75, 3.05) is 39.3 Å². The predicted molar refractivity (Wildman–Crippen MR) is 162 cm³/mol. The number of rotatable bonds is 15. The average molecular weight is 666 g/mol. The van der Waals surface area contributed by atoms with Crippen molar-refractivity contribution in [3.05, 3.63) is 70.8 Å². The Hall–Kier alpha value is -2.40.